The highest BCUT2D eigenvalue weighted by Crippen LogP contribution is 2.45. The molecule has 8 unspecified atom stereocenters. The molecule has 0 aliphatic rings. The fraction of sp³-hybridized carbons (Fsp3) is 0.588. The van der Waals surface area contributed by atoms with Crippen molar-refractivity contribution < 1.29 is 52.1 Å². The summed E-state index contributed by atoms with van der Waals surface area (Å²) in [4.78, 5) is 96.5. The highest BCUT2D eigenvalue weighted by atomic mass is 31.2. The minimum Gasteiger partial charge on any atom is -0.445 e. The number of amides is 8. The minimum atomic E-state index is -3.58. The Labute approximate surface area is 426 Å². The summed E-state index contributed by atoms with van der Waals surface area (Å²) in [6.45, 7) is 18.6. The number of hydrogen-bond donors (Lipinski definition) is 7. The van der Waals surface area contributed by atoms with Crippen LogP contribution in [-0.4, -0.2) is 122 Å². The second-order valence-corrected chi connectivity index (χ2v) is 20.6. The molecule has 21 heteroatoms. The van der Waals surface area contributed by atoms with Gasteiger partial charge < -0.3 is 56.3 Å². The van der Waals surface area contributed by atoms with E-state index in [9.17, 15) is 38.1 Å². The van der Waals surface area contributed by atoms with Gasteiger partial charge in [0.1, 0.15) is 30.8 Å². The second kappa shape index (κ2) is 30.0. The second-order valence-electron chi connectivity index (χ2n) is 18.8. The molecule has 2 aromatic carbocycles. The van der Waals surface area contributed by atoms with E-state index >= 15 is 0 Å². The van der Waals surface area contributed by atoms with Crippen LogP contribution >= 0.6 is 7.52 Å². The maximum atomic E-state index is 14.0. The van der Waals surface area contributed by atoms with E-state index in [1.165, 1.54) is 36.2 Å². The minimum absolute atomic E-state index is 0.0865. The van der Waals surface area contributed by atoms with Crippen molar-refractivity contribution in [2.24, 2.45) is 29.4 Å². The number of ether oxygens (including phenoxy) is 2. The summed E-state index contributed by atoms with van der Waals surface area (Å²) in [7, 11) is 1.26. The fourth-order valence-electron chi connectivity index (χ4n) is 8.06. The van der Waals surface area contributed by atoms with Gasteiger partial charge in [0.2, 0.25) is 23.6 Å². The highest BCUT2D eigenvalue weighted by Gasteiger charge is 2.39. The van der Waals surface area contributed by atoms with E-state index in [1.807, 2.05) is 20.8 Å². The lowest BCUT2D eigenvalue weighted by molar-refractivity contribution is -0.143. The number of nitrogens with two attached hydrogens (primary N) is 1. The van der Waals surface area contributed by atoms with Gasteiger partial charge in [0.05, 0.1) is 18.8 Å². The largest absolute Gasteiger partial charge is 0.445 e. The first-order chi connectivity index (χ1) is 33.9. The molecule has 8 N–H and O–H groups in total. The first-order valence-corrected chi connectivity index (χ1v) is 26.2. The van der Waals surface area contributed by atoms with E-state index < -0.39 is 73.4 Å². The molecule has 2 rings (SSSR count). The van der Waals surface area contributed by atoms with Gasteiger partial charge in [0.15, 0.2) is 0 Å². The van der Waals surface area contributed by atoms with Crippen molar-refractivity contribution in [3.8, 4) is 12.1 Å². The van der Waals surface area contributed by atoms with Crippen LogP contribution in [-0.2, 0) is 44.3 Å². The van der Waals surface area contributed by atoms with Crippen LogP contribution in [0.15, 0.2) is 48.5 Å². The molecule has 0 fully saturated rings. The number of urea groups is 1. The summed E-state index contributed by atoms with van der Waals surface area (Å²) >= 11 is 0. The number of methoxy groups -OCH3 is 1. The molecule has 20 nitrogen and oxygen atoms in total. The van der Waals surface area contributed by atoms with Crippen molar-refractivity contribution >= 4 is 60.6 Å². The maximum Gasteiger partial charge on any atom is 0.410 e. The molecule has 0 bridgehead atoms. The van der Waals surface area contributed by atoms with Gasteiger partial charge in [-0.2, -0.15) is 0 Å². The number of hydrogen-bond acceptors (Lipinski definition) is 11. The molecule has 8 atom stereocenters. The van der Waals surface area contributed by atoms with Crippen molar-refractivity contribution in [1.29, 1.82) is 0 Å². The van der Waals surface area contributed by atoms with Gasteiger partial charge in [0.25, 0.3) is 5.91 Å². The van der Waals surface area contributed by atoms with Crippen LogP contribution in [0.1, 0.15) is 111 Å². The lowest BCUT2D eigenvalue weighted by atomic mass is 9.90. The molecule has 0 heterocycles. The van der Waals surface area contributed by atoms with Crippen molar-refractivity contribution in [3.63, 3.8) is 0 Å². The Balaban J connectivity index is 2.18. The normalized spacial score (nSPS) is 15.0. The summed E-state index contributed by atoms with van der Waals surface area (Å²) in [5, 5.41) is 16.3. The maximum absolute atomic E-state index is 14.0. The Morgan fingerprint density at radius 1 is 0.750 bits per heavy atom. The standard InChI is InChI=1S/C51H80N9O11P/c1-15-34(11)44(40(16-2)69-14)59(12)49(65)42(32(7)8)57-48(64)43(33(9)10)60(13)51(67)70-30-35-21-25-37(26-22-35)54-46(62)39(20-19-29-53-50(52)66)55-47(63)41(31(5)6)56-45(61)36-23-27-38(28-24-36)58-72(68,18-4)71-17-3/h4,21-28,31-34,39-44H,15-17,19-20,29-30H2,1-3,5-14H3,(H,54,62)(H,55,63)(H,56,61)(H,57,64)(H,58,68)(H3,52,53,66). The monoisotopic (exact) mass is 1030 g/mol. The number of likely N-dealkylation sites (N-methyl/N-ethyl adjacent to an activating group) is 2. The molecule has 0 spiro atoms. The van der Waals surface area contributed by atoms with Gasteiger partial charge in [-0.3, -0.25) is 33.4 Å². The van der Waals surface area contributed by atoms with Gasteiger partial charge in [-0.25, -0.2) is 9.59 Å². The van der Waals surface area contributed by atoms with Crippen LogP contribution in [0.5, 0.6) is 0 Å². The molecule has 2 aromatic rings. The zero-order chi connectivity index (χ0) is 54.5. The van der Waals surface area contributed by atoms with E-state index in [1.54, 1.807) is 77.9 Å². The molecular weight excluding hydrogens is 946 g/mol. The molecule has 8 amide bonds. The number of carbonyl (C=O) groups is 7. The SMILES string of the molecule is C#CP(=O)(Nc1ccc(C(=O)NC(C(=O)NC(CCCNC(N)=O)C(=O)Nc2ccc(COC(=O)N(C)C(C(=O)NC(C(=O)N(C)C(C(C)CC)C(CC)OC)C(C)C)C(C)C)cc2)C(C)C)cc1)OCC. The summed E-state index contributed by atoms with van der Waals surface area (Å²) in [6.07, 6.45) is 6.29. The van der Waals surface area contributed by atoms with Gasteiger partial charge in [-0.1, -0.05) is 80.9 Å². The summed E-state index contributed by atoms with van der Waals surface area (Å²) in [5.41, 5.74) is 8.81. The van der Waals surface area contributed by atoms with Gasteiger partial charge in [-0.05, 0) is 91.8 Å². The lowest BCUT2D eigenvalue weighted by Crippen LogP contribution is -2.60. The Kier molecular flexibility index (Phi) is 25.8. The lowest BCUT2D eigenvalue weighted by Gasteiger charge is -2.40. The molecule has 0 aliphatic carbocycles. The van der Waals surface area contributed by atoms with E-state index in [0.29, 0.717) is 23.4 Å². The van der Waals surface area contributed by atoms with E-state index in [-0.39, 0.29) is 74.0 Å². The number of terminal acetylenes is 1. The van der Waals surface area contributed by atoms with Crippen LogP contribution in [0.3, 0.4) is 0 Å². The third-order valence-electron chi connectivity index (χ3n) is 12.3. The summed E-state index contributed by atoms with van der Waals surface area (Å²) in [6, 6.07) is 7.36. The van der Waals surface area contributed by atoms with Crippen molar-refractivity contribution in [3.05, 3.63) is 59.7 Å². The zero-order valence-electron chi connectivity index (χ0n) is 44.3. The predicted molar refractivity (Wildman–Crippen MR) is 278 cm³/mol. The third-order valence-corrected chi connectivity index (χ3v) is 13.8. The van der Waals surface area contributed by atoms with Crippen LogP contribution in [0.4, 0.5) is 21.0 Å². The number of carbonyl (C=O) groups excluding carboxylic acids is 7. The zero-order valence-corrected chi connectivity index (χ0v) is 45.2. The number of primary amides is 1. The van der Waals surface area contributed by atoms with Crippen molar-refractivity contribution in [1.82, 2.24) is 31.1 Å². The van der Waals surface area contributed by atoms with Crippen LogP contribution in [0.2, 0.25) is 0 Å². The van der Waals surface area contributed by atoms with E-state index in [0.717, 1.165) is 6.42 Å². The smallest absolute Gasteiger partial charge is 0.410 e. The molecular formula is C51H80N9O11P. The Morgan fingerprint density at radius 3 is 1.85 bits per heavy atom. The number of nitrogens with zero attached hydrogens (tertiary/aromatic N) is 2. The number of benzene rings is 2. The third kappa shape index (κ3) is 18.8. The molecule has 72 heavy (non-hydrogen) atoms. The van der Waals surface area contributed by atoms with Gasteiger partial charge in [0, 0.05) is 50.3 Å². The molecule has 0 radical (unpaired) electrons. The van der Waals surface area contributed by atoms with E-state index in [2.05, 4.69) is 51.2 Å². The fourth-order valence-corrected chi connectivity index (χ4v) is 9.12. The van der Waals surface area contributed by atoms with Crippen molar-refractivity contribution in [2.45, 2.75) is 138 Å². The molecule has 0 saturated carbocycles. The Bertz CT molecular complexity index is 2200. The average molecular weight is 1030 g/mol. The molecule has 400 valence electrons. The highest BCUT2D eigenvalue weighted by molar-refractivity contribution is 7.65. The molecule has 0 aromatic heterocycles. The van der Waals surface area contributed by atoms with Crippen molar-refractivity contribution in [2.75, 3.05) is 44.8 Å². The van der Waals surface area contributed by atoms with Crippen LogP contribution < -0.4 is 37.4 Å². The number of rotatable bonds is 29. The molecule has 0 aliphatic heterocycles. The first kappa shape index (κ1) is 62.0. The first-order valence-electron chi connectivity index (χ1n) is 24.5. The van der Waals surface area contributed by atoms with Crippen LogP contribution in [0.25, 0.3) is 0 Å². The predicted octanol–water partition coefficient (Wildman–Crippen LogP) is 6.28. The quantitative estimate of drug-likeness (QED) is 0.0270. The summed E-state index contributed by atoms with van der Waals surface area (Å²) < 4.78 is 29.2. The Hall–Kier alpha value is -6.16. The number of nitrogens with one attached hydrogen (secondary N) is 6. The molecule has 0 saturated heterocycles. The Morgan fingerprint density at radius 2 is 1.35 bits per heavy atom. The number of anilines is 2. The topological polar surface area (TPSA) is 269 Å². The van der Waals surface area contributed by atoms with E-state index in [4.69, 9.17) is 26.2 Å². The van der Waals surface area contributed by atoms with Crippen LogP contribution in [0, 0.1) is 35.8 Å². The summed E-state index contributed by atoms with van der Waals surface area (Å²) in [5.74, 6) is -3.44. The van der Waals surface area contributed by atoms with Gasteiger partial charge >= 0.3 is 19.6 Å². The van der Waals surface area contributed by atoms with Gasteiger partial charge in [-0.15, -0.1) is 6.42 Å². The average Bonchev–Trinajstić information content (AvgIpc) is 3.33.